The van der Waals surface area contributed by atoms with Crippen LogP contribution in [0.4, 0.5) is 11.4 Å². The molecule has 32 heavy (non-hydrogen) atoms. The summed E-state index contributed by atoms with van der Waals surface area (Å²) in [5.74, 6) is 0.214. The fourth-order valence-corrected chi connectivity index (χ4v) is 3.80. The van der Waals surface area contributed by atoms with Crippen LogP contribution in [-0.4, -0.2) is 26.0 Å². The number of aryl methyl sites for hydroxylation is 2. The summed E-state index contributed by atoms with van der Waals surface area (Å²) in [6, 6.07) is 20.1. The van der Waals surface area contributed by atoms with Gasteiger partial charge in [-0.05, 0) is 55.3 Å². The van der Waals surface area contributed by atoms with E-state index in [4.69, 9.17) is 9.47 Å². The number of hydrogen-bond acceptors (Lipinski definition) is 5. The van der Waals surface area contributed by atoms with E-state index in [0.717, 1.165) is 11.1 Å². The zero-order chi connectivity index (χ0) is 22.8. The maximum Gasteiger partial charge on any atom is 0.282 e. The number of nitrogens with zero attached hydrogens (tertiary/aromatic N) is 1. The lowest BCUT2D eigenvalue weighted by Crippen LogP contribution is -2.32. The Morgan fingerprint density at radius 2 is 1.47 bits per heavy atom. The van der Waals surface area contributed by atoms with Crippen molar-refractivity contribution >= 4 is 28.8 Å². The number of ether oxygens (including phenoxy) is 2. The summed E-state index contributed by atoms with van der Waals surface area (Å²) in [5.41, 5.74) is 4.01. The van der Waals surface area contributed by atoms with Crippen LogP contribution in [0, 0.1) is 13.8 Å². The first-order valence-electron chi connectivity index (χ1n) is 10.2. The van der Waals surface area contributed by atoms with Crippen molar-refractivity contribution in [2.45, 2.75) is 13.8 Å². The monoisotopic (exact) mass is 428 g/mol. The Balaban J connectivity index is 1.90. The van der Waals surface area contributed by atoms with Gasteiger partial charge in [-0.15, -0.1) is 0 Å². The Morgan fingerprint density at radius 3 is 2.19 bits per heavy atom. The lowest BCUT2D eigenvalue weighted by molar-refractivity contribution is -0.120. The van der Waals surface area contributed by atoms with Crippen LogP contribution in [0.1, 0.15) is 16.7 Å². The zero-order valence-electron chi connectivity index (χ0n) is 18.4. The van der Waals surface area contributed by atoms with Gasteiger partial charge in [-0.3, -0.25) is 9.59 Å². The molecular formula is C26H24N2O4. The van der Waals surface area contributed by atoms with Crippen molar-refractivity contribution < 1.29 is 19.1 Å². The molecule has 1 N–H and O–H groups in total. The van der Waals surface area contributed by atoms with Crippen LogP contribution in [0.15, 0.2) is 72.4 Å². The molecule has 0 radical (unpaired) electrons. The number of hydrogen-bond donors (Lipinski definition) is 1. The highest BCUT2D eigenvalue weighted by Crippen LogP contribution is 2.38. The summed E-state index contributed by atoms with van der Waals surface area (Å²) in [7, 11) is 3.10. The molecule has 0 atom stereocenters. The lowest BCUT2D eigenvalue weighted by atomic mass is 10.0. The average Bonchev–Trinajstić information content (AvgIpc) is 3.03. The zero-order valence-corrected chi connectivity index (χ0v) is 18.4. The van der Waals surface area contributed by atoms with E-state index in [1.54, 1.807) is 25.3 Å². The van der Waals surface area contributed by atoms with Gasteiger partial charge in [-0.2, -0.15) is 0 Å². The third kappa shape index (κ3) is 3.71. The quantitative estimate of drug-likeness (QED) is 0.576. The van der Waals surface area contributed by atoms with Crippen LogP contribution >= 0.6 is 0 Å². The van der Waals surface area contributed by atoms with Gasteiger partial charge >= 0.3 is 0 Å². The third-order valence-electron chi connectivity index (χ3n) is 5.33. The van der Waals surface area contributed by atoms with Crippen LogP contribution in [0.3, 0.4) is 0 Å². The van der Waals surface area contributed by atoms with Crippen LogP contribution < -0.4 is 19.7 Å². The Morgan fingerprint density at radius 1 is 0.750 bits per heavy atom. The highest BCUT2D eigenvalue weighted by atomic mass is 16.5. The van der Waals surface area contributed by atoms with Gasteiger partial charge in [-0.25, -0.2) is 4.90 Å². The molecular weight excluding hydrogens is 404 g/mol. The molecule has 0 spiro atoms. The fraction of sp³-hybridized carbons (Fsp3) is 0.154. The topological polar surface area (TPSA) is 67.9 Å². The van der Waals surface area contributed by atoms with Gasteiger partial charge in [0.2, 0.25) is 0 Å². The van der Waals surface area contributed by atoms with E-state index in [1.165, 1.54) is 12.0 Å². The fourth-order valence-electron chi connectivity index (χ4n) is 3.80. The number of para-hydroxylation sites is 1. The number of carbonyl (C=O) groups excluding carboxylic acids is 2. The van der Waals surface area contributed by atoms with Gasteiger partial charge in [-0.1, -0.05) is 36.4 Å². The summed E-state index contributed by atoms with van der Waals surface area (Å²) in [4.78, 5) is 28.4. The molecule has 0 unspecified atom stereocenters. The second-order valence-electron chi connectivity index (χ2n) is 7.56. The van der Waals surface area contributed by atoms with Gasteiger partial charge in [0.1, 0.15) is 17.2 Å². The number of benzene rings is 3. The molecule has 2 amide bonds. The first-order valence-corrected chi connectivity index (χ1v) is 10.2. The number of amides is 2. The third-order valence-corrected chi connectivity index (χ3v) is 5.33. The second-order valence-corrected chi connectivity index (χ2v) is 7.56. The lowest BCUT2D eigenvalue weighted by Gasteiger charge is -2.16. The average molecular weight is 428 g/mol. The molecule has 0 saturated heterocycles. The SMILES string of the molecule is COc1ccc(C)cc1NC1=C(c2ccccc2OC)C(=O)N(c2cccc(C)c2)C1=O. The predicted molar refractivity (Wildman–Crippen MR) is 125 cm³/mol. The van der Waals surface area contributed by atoms with Crippen molar-refractivity contribution in [1.82, 2.24) is 0 Å². The Labute approximate surface area is 187 Å². The number of carbonyl (C=O) groups is 2. The largest absolute Gasteiger partial charge is 0.496 e. The molecule has 0 aliphatic carbocycles. The Kier molecular flexibility index (Phi) is 5.69. The maximum absolute atomic E-state index is 13.6. The van der Waals surface area contributed by atoms with Crippen molar-refractivity contribution in [2.75, 3.05) is 24.4 Å². The minimum atomic E-state index is -0.440. The van der Waals surface area contributed by atoms with Crippen molar-refractivity contribution in [3.05, 3.63) is 89.1 Å². The minimum absolute atomic E-state index is 0.171. The first kappa shape index (κ1) is 21.2. The molecule has 3 aromatic rings. The van der Waals surface area contributed by atoms with Gasteiger partial charge in [0.25, 0.3) is 11.8 Å². The molecule has 1 heterocycles. The van der Waals surface area contributed by atoms with Crippen LogP contribution in [0.25, 0.3) is 5.57 Å². The van der Waals surface area contributed by atoms with Gasteiger partial charge in [0.15, 0.2) is 0 Å². The molecule has 1 aliphatic rings. The normalized spacial score (nSPS) is 13.6. The van der Waals surface area contributed by atoms with Crippen molar-refractivity contribution in [2.24, 2.45) is 0 Å². The minimum Gasteiger partial charge on any atom is -0.496 e. The van der Waals surface area contributed by atoms with Crippen LogP contribution in [0.5, 0.6) is 11.5 Å². The first-order chi connectivity index (χ1) is 15.4. The summed E-state index contributed by atoms with van der Waals surface area (Å²) >= 11 is 0. The molecule has 4 rings (SSSR count). The summed E-state index contributed by atoms with van der Waals surface area (Å²) in [5, 5.41) is 3.18. The smallest absolute Gasteiger partial charge is 0.282 e. The molecule has 6 nitrogen and oxygen atoms in total. The summed E-state index contributed by atoms with van der Waals surface area (Å²) < 4.78 is 11.0. The molecule has 0 saturated carbocycles. The second kappa shape index (κ2) is 8.59. The van der Waals surface area contributed by atoms with E-state index in [1.807, 2.05) is 62.4 Å². The number of rotatable bonds is 6. The molecule has 162 valence electrons. The van der Waals surface area contributed by atoms with Crippen LogP contribution in [-0.2, 0) is 9.59 Å². The molecule has 3 aromatic carbocycles. The van der Waals surface area contributed by atoms with Crippen molar-refractivity contribution in [3.8, 4) is 11.5 Å². The van der Waals surface area contributed by atoms with E-state index in [2.05, 4.69) is 5.32 Å². The van der Waals surface area contributed by atoms with Gasteiger partial charge in [0, 0.05) is 5.56 Å². The molecule has 0 bridgehead atoms. The van der Waals surface area contributed by atoms with E-state index in [-0.39, 0.29) is 11.3 Å². The van der Waals surface area contributed by atoms with Gasteiger partial charge in [0.05, 0.1) is 31.2 Å². The molecule has 6 heteroatoms. The molecule has 0 aromatic heterocycles. The number of nitrogens with one attached hydrogen (secondary N) is 1. The Bertz CT molecular complexity index is 1250. The van der Waals surface area contributed by atoms with E-state index >= 15 is 0 Å². The maximum atomic E-state index is 13.6. The van der Waals surface area contributed by atoms with E-state index in [9.17, 15) is 9.59 Å². The number of methoxy groups -OCH3 is 2. The standard InChI is InChI=1S/C26H24N2O4/c1-16-8-7-9-18(14-16)28-25(29)23(19-10-5-6-11-21(19)31-3)24(26(28)30)27-20-15-17(2)12-13-22(20)32-4/h5-15,27H,1-4H3. The highest BCUT2D eigenvalue weighted by Gasteiger charge is 2.41. The van der Waals surface area contributed by atoms with Crippen LogP contribution in [0.2, 0.25) is 0 Å². The van der Waals surface area contributed by atoms with E-state index < -0.39 is 11.8 Å². The number of imide groups is 1. The predicted octanol–water partition coefficient (Wildman–Crippen LogP) is 4.72. The molecule has 0 fully saturated rings. The Hall–Kier alpha value is -4.06. The van der Waals surface area contributed by atoms with E-state index in [0.29, 0.717) is 28.4 Å². The highest BCUT2D eigenvalue weighted by molar-refractivity contribution is 6.46. The number of anilines is 2. The van der Waals surface area contributed by atoms with Crippen molar-refractivity contribution in [1.29, 1.82) is 0 Å². The van der Waals surface area contributed by atoms with Crippen molar-refractivity contribution in [3.63, 3.8) is 0 Å². The molecule has 1 aliphatic heterocycles. The summed E-state index contributed by atoms with van der Waals surface area (Å²) in [6.07, 6.45) is 0. The van der Waals surface area contributed by atoms with Gasteiger partial charge < -0.3 is 14.8 Å². The summed E-state index contributed by atoms with van der Waals surface area (Å²) in [6.45, 7) is 3.86.